The highest BCUT2D eigenvalue weighted by Crippen LogP contribution is 2.42. The Kier molecular flexibility index (Phi) is 28.4. The number of aliphatic imine (C=N–C) groups is 2. The number of likely N-dealkylation sites (N-methyl/N-ethyl adjacent to an activating group) is 1. The lowest BCUT2D eigenvalue weighted by atomic mass is 10.1. The highest BCUT2D eigenvalue weighted by Gasteiger charge is 2.42. The van der Waals surface area contributed by atoms with Crippen molar-refractivity contribution in [2.45, 2.75) is 67.5 Å². The van der Waals surface area contributed by atoms with Crippen LogP contribution in [0.5, 0.6) is 40.2 Å². The first-order valence-corrected chi connectivity index (χ1v) is 36.1. The van der Waals surface area contributed by atoms with Crippen LogP contribution in [0.1, 0.15) is 57.6 Å². The molecule has 0 radical (unpaired) electrons. The summed E-state index contributed by atoms with van der Waals surface area (Å²) in [6, 6.07) is 39.1. The van der Waals surface area contributed by atoms with Gasteiger partial charge in [0.25, 0.3) is 23.6 Å². The monoisotopic (exact) mass is 1630 g/mol. The number of amides is 5. The summed E-state index contributed by atoms with van der Waals surface area (Å²) in [7, 11) is 2.99. The quantitative estimate of drug-likeness (QED) is 0.0245. The van der Waals surface area contributed by atoms with Crippen LogP contribution >= 0.6 is 81.2 Å². The van der Waals surface area contributed by atoms with Gasteiger partial charge in [0, 0.05) is 51.8 Å². The van der Waals surface area contributed by atoms with E-state index in [2.05, 4.69) is 46.7 Å². The Morgan fingerprint density at radius 3 is 1.87 bits per heavy atom. The lowest BCUT2D eigenvalue weighted by molar-refractivity contribution is -0.122. The van der Waals surface area contributed by atoms with E-state index in [9.17, 15) is 34.2 Å². The largest absolute Gasteiger partial charge is 0.508 e. The molecular formula is C78H73Cl7N12O13. The van der Waals surface area contributed by atoms with Crippen LogP contribution in [0.3, 0.4) is 0 Å². The molecule has 1 saturated heterocycles. The molecule has 11 rings (SSSR count). The molecule has 32 heteroatoms. The van der Waals surface area contributed by atoms with Crippen LogP contribution in [0.15, 0.2) is 177 Å². The Morgan fingerprint density at radius 2 is 1.25 bits per heavy atom. The maximum absolute atomic E-state index is 13.9. The lowest BCUT2D eigenvalue weighted by Gasteiger charge is -2.22. The smallest absolute Gasteiger partial charge is 0.301 e. The molecule has 2 unspecified atom stereocenters. The summed E-state index contributed by atoms with van der Waals surface area (Å²) in [4.78, 5) is 78.3. The molecule has 1 fully saturated rings. The van der Waals surface area contributed by atoms with Gasteiger partial charge in [-0.15, -0.1) is 5.10 Å². The fourth-order valence-electron chi connectivity index (χ4n) is 10.7. The van der Waals surface area contributed by atoms with Crippen LogP contribution in [0.25, 0.3) is 0 Å². The van der Waals surface area contributed by atoms with E-state index >= 15 is 0 Å². The number of benzene rings is 9. The third kappa shape index (κ3) is 20.9. The molecule has 0 saturated carbocycles. The van der Waals surface area contributed by atoms with Gasteiger partial charge in [-0.2, -0.15) is 15.2 Å². The second-order valence-electron chi connectivity index (χ2n) is 24.6. The van der Waals surface area contributed by atoms with E-state index < -0.39 is 41.7 Å². The molecule has 0 bridgehead atoms. The minimum Gasteiger partial charge on any atom is -0.508 e. The summed E-state index contributed by atoms with van der Waals surface area (Å²) >= 11 is 44.5. The number of aryl methyl sites for hydroxylation is 6. The average Bonchev–Trinajstić information content (AvgIpc) is 1.63. The average molecular weight is 1630 g/mol. The number of azo groups is 1. The predicted octanol–water partition coefficient (Wildman–Crippen LogP) is 17.5. The Bertz CT molecular complexity index is 5070. The van der Waals surface area contributed by atoms with Crippen molar-refractivity contribution in [3.05, 3.63) is 226 Å². The number of phenols is 3. The van der Waals surface area contributed by atoms with Crippen molar-refractivity contribution in [1.29, 1.82) is 0 Å². The van der Waals surface area contributed by atoms with Gasteiger partial charge >= 0.3 is 5.91 Å². The van der Waals surface area contributed by atoms with Crippen molar-refractivity contribution < 1.29 is 63.3 Å². The number of anilines is 5. The molecule has 25 nitrogen and oxygen atoms in total. The topological polar surface area (TPSA) is 323 Å². The molecular weight excluding hydrogens is 1560 g/mol. The van der Waals surface area contributed by atoms with E-state index in [0.29, 0.717) is 75.5 Å². The number of aromatic hydroxyl groups is 3. The Morgan fingerprint density at radius 1 is 0.618 bits per heavy atom. The minimum absolute atomic E-state index is 0.00590. The van der Waals surface area contributed by atoms with E-state index in [4.69, 9.17) is 110 Å². The number of aliphatic hydroxyl groups is 1. The molecule has 2 aliphatic heterocycles. The number of carbonyl (C=O) groups excluding carboxylic acids is 5. The van der Waals surface area contributed by atoms with Crippen LogP contribution in [0.2, 0.25) is 35.2 Å². The summed E-state index contributed by atoms with van der Waals surface area (Å²) in [6.45, 7) is 15.4. The van der Waals surface area contributed by atoms with Crippen LogP contribution < -0.4 is 55.2 Å². The zero-order chi connectivity index (χ0) is 79.9. The molecule has 2 heterocycles. The first-order chi connectivity index (χ1) is 52.4. The van der Waals surface area contributed by atoms with Gasteiger partial charge in [-0.1, -0.05) is 105 Å². The highest BCUT2D eigenvalue weighted by atomic mass is 35.5. The van der Waals surface area contributed by atoms with Gasteiger partial charge in [0.2, 0.25) is 6.04 Å². The number of ether oxygens (including phenoxy) is 4. The number of hydrogen-bond donors (Lipinski definition) is 8. The van der Waals surface area contributed by atoms with Gasteiger partial charge < -0.3 is 60.2 Å². The SMILES string of the molecule is CCN(CCO)c1ccc(N=C2C(=O)N(c3c(Cl)cc(Cl)cc3Cl)N=C2NC(=O)c2cccc(NC(=O)COc3ccc(C)cc3C)c2)c(C)c1.COc1ccc(N=NC2C(=O)N(c3c(Cl)cc(Cl)cc3Cl)NC2=Nc2cc(NC(=O)C(C)Oc3ccc(O)c(C)c3)ccc2Cl)cc1OC.Cc1cc(O)c(C)cc1O. The molecule has 0 aliphatic carbocycles. The number of phenolic OH excluding ortho intramolecular Hbond substituents is 3. The molecule has 2 atom stereocenters. The molecule has 110 heavy (non-hydrogen) atoms. The molecule has 9 aromatic carbocycles. The summed E-state index contributed by atoms with van der Waals surface area (Å²) < 4.78 is 22.1. The van der Waals surface area contributed by atoms with Crippen LogP contribution in [-0.2, 0) is 19.2 Å². The third-order valence-electron chi connectivity index (χ3n) is 16.5. The van der Waals surface area contributed by atoms with Gasteiger partial charge in [-0.25, -0.2) is 15.0 Å². The highest BCUT2D eigenvalue weighted by molar-refractivity contribution is 6.72. The Balaban J connectivity index is 0.000000224. The second-order valence-corrected chi connectivity index (χ2v) is 27.5. The van der Waals surface area contributed by atoms with Crippen molar-refractivity contribution in [3.8, 4) is 40.2 Å². The maximum Gasteiger partial charge on any atom is 0.301 e. The Hall–Kier alpha value is -10.9. The first-order valence-electron chi connectivity index (χ1n) is 33.4. The van der Waals surface area contributed by atoms with Gasteiger partial charge in [0.15, 0.2) is 41.6 Å². The fraction of sp³-hybridized carbons (Fsp3) is 0.205. The van der Waals surface area contributed by atoms with Crippen molar-refractivity contribution in [2.24, 2.45) is 25.3 Å². The van der Waals surface area contributed by atoms with E-state index in [-0.39, 0.29) is 106 Å². The minimum atomic E-state index is -1.30. The van der Waals surface area contributed by atoms with Crippen molar-refractivity contribution in [2.75, 3.05) is 66.1 Å². The van der Waals surface area contributed by atoms with E-state index in [1.807, 2.05) is 62.9 Å². The zero-order valence-electron chi connectivity index (χ0n) is 60.6. The number of methoxy groups -OCH3 is 2. The molecule has 0 spiro atoms. The van der Waals surface area contributed by atoms with Gasteiger partial charge in [0.1, 0.15) is 40.1 Å². The standard InChI is InChI=1S/C37H35Cl3N6O5.C33H28Cl4N6O6.C8H10O2/c1-5-45(13-14-47)27-10-11-30(22(3)16-27)42-33-35(44-46(37(33)50)34-28(39)18-25(38)19-29(34)40)43-36(49)24-7-6-8-26(17-24)41-32(48)20-51-31-12-9-21(2)15-23(31)4;1-16-11-21(7-9-26(16)44)49-17(2)32(45)38-19-5-8-22(35)25(14-19)39-31-29(41-40-20-6-10-27(47-3)28(15-20)48-4)33(46)43(42-31)30-23(36)12-18(34)13-24(30)37;1-5-3-8(10)6(2)4-7(5)9/h6-12,15-19,47H,5,13-14,20H2,1-4H3,(H,41,48)(H,43,44,49);5-15,17,29,44H,1-4H3,(H,38,45)(H,39,42);3-4,9-10H,1-2H3. The van der Waals surface area contributed by atoms with Crippen LogP contribution in [0.4, 0.5) is 45.5 Å². The summed E-state index contributed by atoms with van der Waals surface area (Å²) in [5.74, 6) is -0.435. The van der Waals surface area contributed by atoms with Crippen molar-refractivity contribution in [3.63, 3.8) is 0 Å². The number of hydrogen-bond acceptors (Lipinski definition) is 19. The van der Waals surface area contributed by atoms with Crippen LogP contribution in [0, 0.1) is 41.5 Å². The Labute approximate surface area is 668 Å². The fourth-order valence-corrected chi connectivity index (χ4v) is 12.9. The number of nitrogens with zero attached hydrogens (tertiary/aromatic N) is 8. The third-order valence-corrected chi connectivity index (χ3v) is 18.4. The molecule has 572 valence electrons. The molecule has 0 aromatic heterocycles. The molecule has 5 amide bonds. The predicted molar refractivity (Wildman–Crippen MR) is 433 cm³/mol. The first kappa shape index (κ1) is 83.2. The van der Waals surface area contributed by atoms with Crippen molar-refractivity contribution in [1.82, 2.24) is 10.7 Å². The lowest BCUT2D eigenvalue weighted by Crippen LogP contribution is -2.37. The van der Waals surface area contributed by atoms with E-state index in [1.165, 1.54) is 62.8 Å². The van der Waals surface area contributed by atoms with E-state index in [0.717, 1.165) is 32.4 Å². The van der Waals surface area contributed by atoms with Gasteiger partial charge in [-0.3, -0.25) is 29.4 Å². The number of aliphatic hydroxyl groups excluding tert-OH is 1. The number of carbonyl (C=O) groups is 5. The normalized spacial score (nSPS) is 14.1. The zero-order valence-corrected chi connectivity index (χ0v) is 65.9. The number of amidine groups is 2. The number of hydrazone groups is 1. The second kappa shape index (κ2) is 37.5. The van der Waals surface area contributed by atoms with Crippen molar-refractivity contribution >= 4 is 174 Å². The van der Waals surface area contributed by atoms with Gasteiger partial charge in [0.05, 0.1) is 63.0 Å². The molecule has 8 N–H and O–H groups in total. The molecule has 9 aromatic rings. The summed E-state index contributed by atoms with van der Waals surface area (Å²) in [5.41, 5.74) is 10.4. The van der Waals surface area contributed by atoms with Gasteiger partial charge in [-0.05, 0) is 211 Å². The maximum atomic E-state index is 13.9. The summed E-state index contributed by atoms with van der Waals surface area (Å²) in [5, 5.41) is 61.7. The number of rotatable bonds is 21. The summed E-state index contributed by atoms with van der Waals surface area (Å²) in [6.07, 6.45) is -0.896. The number of halogens is 7. The number of hydrazine groups is 1. The van der Waals surface area contributed by atoms with E-state index in [1.54, 1.807) is 100 Å². The number of nitrogens with one attached hydrogen (secondary N) is 4. The van der Waals surface area contributed by atoms with Crippen LogP contribution in [-0.4, -0.2) is 120 Å². The molecule has 2 aliphatic rings.